The van der Waals surface area contributed by atoms with E-state index in [1.165, 1.54) is 0 Å². The van der Waals surface area contributed by atoms with Gasteiger partial charge in [-0.25, -0.2) is 13.2 Å². The summed E-state index contributed by atoms with van der Waals surface area (Å²) in [6.07, 6.45) is 0.180. The van der Waals surface area contributed by atoms with Crippen molar-refractivity contribution in [3.8, 4) is 0 Å². The topological polar surface area (TPSA) is 147 Å². The molecule has 19 heavy (non-hydrogen) atoms. The van der Waals surface area contributed by atoms with Crippen molar-refractivity contribution in [1.82, 2.24) is 10.2 Å². The predicted octanol–water partition coefficient (Wildman–Crippen LogP) is -2.24. The van der Waals surface area contributed by atoms with Gasteiger partial charge in [-0.05, 0) is 6.42 Å². The van der Waals surface area contributed by atoms with Gasteiger partial charge in [0.25, 0.3) is 0 Å². The average molecular weight is 293 g/mol. The van der Waals surface area contributed by atoms with Crippen LogP contribution in [0.2, 0.25) is 0 Å². The van der Waals surface area contributed by atoms with Crippen LogP contribution >= 0.6 is 0 Å². The first-order valence-corrected chi connectivity index (χ1v) is 7.28. The highest BCUT2D eigenvalue weighted by Crippen LogP contribution is 2.17. The van der Waals surface area contributed by atoms with Crippen molar-refractivity contribution in [2.24, 2.45) is 5.73 Å². The third-order valence-electron chi connectivity index (χ3n) is 2.63. The third kappa shape index (κ3) is 4.73. The number of carboxylic acids is 1. The molecule has 1 atom stereocenters. The zero-order chi connectivity index (χ0) is 14.6. The van der Waals surface area contributed by atoms with Crippen LogP contribution < -0.4 is 11.1 Å². The molecule has 108 valence electrons. The van der Waals surface area contributed by atoms with Crippen molar-refractivity contribution in [1.29, 1.82) is 0 Å². The largest absolute Gasteiger partial charge is 0.480 e. The van der Waals surface area contributed by atoms with E-state index in [1.807, 2.05) is 0 Å². The zero-order valence-electron chi connectivity index (χ0n) is 10.0. The van der Waals surface area contributed by atoms with E-state index in [1.54, 1.807) is 0 Å². The lowest BCUT2D eigenvalue weighted by Crippen LogP contribution is -2.50. The number of amides is 3. The summed E-state index contributed by atoms with van der Waals surface area (Å²) in [5, 5.41) is 10.9. The van der Waals surface area contributed by atoms with Gasteiger partial charge in [-0.1, -0.05) is 0 Å². The molecule has 0 saturated carbocycles. The predicted molar refractivity (Wildman–Crippen MR) is 64.0 cm³/mol. The minimum absolute atomic E-state index is 0.0864. The van der Waals surface area contributed by atoms with Crippen LogP contribution in [-0.4, -0.2) is 67.0 Å². The molecule has 1 unspecified atom stereocenters. The fourth-order valence-electron chi connectivity index (χ4n) is 1.80. The quantitative estimate of drug-likeness (QED) is 0.522. The molecule has 1 heterocycles. The Bertz CT molecular complexity index is 488. The summed E-state index contributed by atoms with van der Waals surface area (Å²) in [6.45, 7) is -1.07. The molecule has 9 nitrogen and oxygen atoms in total. The molecule has 1 fully saturated rings. The highest BCUT2D eigenvalue weighted by atomic mass is 32.2. The maximum Gasteiger partial charge on any atom is 0.323 e. The first kappa shape index (κ1) is 15.2. The summed E-state index contributed by atoms with van der Waals surface area (Å²) in [5.74, 6) is -2.40. The van der Waals surface area contributed by atoms with Gasteiger partial charge in [-0.2, -0.15) is 0 Å². The van der Waals surface area contributed by atoms with Gasteiger partial charge in [0, 0.05) is 6.04 Å². The summed E-state index contributed by atoms with van der Waals surface area (Å²) >= 11 is 0. The second kappa shape index (κ2) is 5.87. The number of aliphatic carboxylic acids is 1. The Kier molecular flexibility index (Phi) is 4.70. The Balaban J connectivity index is 2.74. The Morgan fingerprint density at radius 1 is 1.37 bits per heavy atom. The van der Waals surface area contributed by atoms with Crippen molar-refractivity contribution in [3.05, 3.63) is 0 Å². The number of carboxylic acid groups (broad SMARTS) is 1. The first-order chi connectivity index (χ1) is 8.71. The number of rotatable bonds is 5. The zero-order valence-corrected chi connectivity index (χ0v) is 10.9. The number of primary amides is 1. The number of carbonyl (C=O) groups is 3. The molecule has 0 bridgehead atoms. The normalized spacial score (nSPS) is 20.7. The van der Waals surface area contributed by atoms with E-state index in [0.717, 1.165) is 4.90 Å². The van der Waals surface area contributed by atoms with E-state index in [2.05, 4.69) is 5.32 Å². The third-order valence-corrected chi connectivity index (χ3v) is 4.38. The Hall–Kier alpha value is -1.84. The summed E-state index contributed by atoms with van der Waals surface area (Å²) in [6, 6.07) is -1.52. The molecule has 0 spiro atoms. The number of sulfone groups is 1. The minimum atomic E-state index is -3.25. The lowest BCUT2D eigenvalue weighted by atomic mass is 10.2. The molecule has 10 heteroatoms. The van der Waals surface area contributed by atoms with Gasteiger partial charge in [0.2, 0.25) is 5.91 Å². The molecule has 4 N–H and O–H groups in total. The van der Waals surface area contributed by atoms with Gasteiger partial charge in [0.15, 0.2) is 9.84 Å². The summed E-state index contributed by atoms with van der Waals surface area (Å²) in [7, 11) is -3.25. The molecule has 0 aromatic carbocycles. The molecule has 0 aromatic heterocycles. The number of hydrogen-bond acceptors (Lipinski definition) is 5. The molecule has 1 rings (SSSR count). The lowest BCUT2D eigenvalue weighted by molar-refractivity contribution is -0.138. The van der Waals surface area contributed by atoms with Crippen LogP contribution in [0.1, 0.15) is 6.42 Å². The standard InChI is InChI=1S/C9H15N3O6S/c10-7(13)3-11-9(16)12(4-8(14)15)6-1-2-19(17,18)5-6/h6H,1-5H2,(H2,10,13)(H,11,16)(H,14,15). The number of nitrogens with one attached hydrogen (secondary N) is 1. The van der Waals surface area contributed by atoms with Crippen molar-refractivity contribution in [2.75, 3.05) is 24.6 Å². The molecule has 0 aromatic rings. The molecule has 0 aliphatic carbocycles. The van der Waals surface area contributed by atoms with E-state index < -0.39 is 46.9 Å². The van der Waals surface area contributed by atoms with Gasteiger partial charge < -0.3 is 21.1 Å². The van der Waals surface area contributed by atoms with E-state index in [9.17, 15) is 22.8 Å². The molecule has 1 aliphatic rings. The van der Waals surface area contributed by atoms with E-state index in [0.29, 0.717) is 0 Å². The highest BCUT2D eigenvalue weighted by molar-refractivity contribution is 7.91. The van der Waals surface area contributed by atoms with Gasteiger partial charge in [-0.3, -0.25) is 9.59 Å². The van der Waals surface area contributed by atoms with Crippen LogP contribution in [0.4, 0.5) is 4.79 Å². The van der Waals surface area contributed by atoms with Crippen molar-refractivity contribution < 1.29 is 27.9 Å². The molecular formula is C9H15N3O6S. The lowest BCUT2D eigenvalue weighted by Gasteiger charge is -2.26. The highest BCUT2D eigenvalue weighted by Gasteiger charge is 2.35. The van der Waals surface area contributed by atoms with Crippen LogP contribution in [0, 0.1) is 0 Å². The van der Waals surface area contributed by atoms with Gasteiger partial charge in [0.1, 0.15) is 6.54 Å². The minimum Gasteiger partial charge on any atom is -0.480 e. The average Bonchev–Trinajstić information content (AvgIpc) is 2.62. The smallest absolute Gasteiger partial charge is 0.323 e. The molecular weight excluding hydrogens is 278 g/mol. The monoisotopic (exact) mass is 293 g/mol. The maximum absolute atomic E-state index is 11.7. The van der Waals surface area contributed by atoms with E-state index in [-0.39, 0.29) is 17.9 Å². The second-order valence-electron chi connectivity index (χ2n) is 4.20. The summed E-state index contributed by atoms with van der Waals surface area (Å²) in [5.41, 5.74) is 4.85. The van der Waals surface area contributed by atoms with E-state index >= 15 is 0 Å². The number of nitrogens with zero attached hydrogens (tertiary/aromatic N) is 1. The summed E-state index contributed by atoms with van der Waals surface area (Å²) in [4.78, 5) is 33.9. The fourth-order valence-corrected chi connectivity index (χ4v) is 3.53. The number of urea groups is 1. The number of hydrogen-bond donors (Lipinski definition) is 3. The Labute approximate surface area is 109 Å². The van der Waals surface area contributed by atoms with Gasteiger partial charge >= 0.3 is 12.0 Å². The molecule has 1 saturated heterocycles. The van der Waals surface area contributed by atoms with Crippen molar-refractivity contribution >= 4 is 27.7 Å². The van der Waals surface area contributed by atoms with Crippen LogP contribution in [0.3, 0.4) is 0 Å². The molecule has 0 radical (unpaired) electrons. The molecule has 3 amide bonds. The fraction of sp³-hybridized carbons (Fsp3) is 0.667. The van der Waals surface area contributed by atoms with Crippen LogP contribution in [0.15, 0.2) is 0 Å². The number of nitrogens with two attached hydrogens (primary N) is 1. The Morgan fingerprint density at radius 3 is 2.42 bits per heavy atom. The number of carbonyl (C=O) groups excluding carboxylic acids is 2. The van der Waals surface area contributed by atoms with Crippen LogP contribution in [0.5, 0.6) is 0 Å². The SMILES string of the molecule is NC(=O)CNC(=O)N(CC(=O)O)C1CCS(=O)(=O)C1. The second-order valence-corrected chi connectivity index (χ2v) is 6.43. The van der Waals surface area contributed by atoms with Crippen molar-refractivity contribution in [2.45, 2.75) is 12.5 Å². The first-order valence-electron chi connectivity index (χ1n) is 5.46. The van der Waals surface area contributed by atoms with Crippen molar-refractivity contribution in [3.63, 3.8) is 0 Å². The van der Waals surface area contributed by atoms with E-state index in [4.69, 9.17) is 10.8 Å². The maximum atomic E-state index is 11.7. The van der Waals surface area contributed by atoms with Gasteiger partial charge in [-0.15, -0.1) is 0 Å². The van der Waals surface area contributed by atoms with Crippen LogP contribution in [0.25, 0.3) is 0 Å². The Morgan fingerprint density at radius 2 is 2.00 bits per heavy atom. The molecule has 1 aliphatic heterocycles. The van der Waals surface area contributed by atoms with Gasteiger partial charge in [0.05, 0.1) is 18.1 Å². The summed E-state index contributed by atoms with van der Waals surface area (Å²) < 4.78 is 22.7. The van der Waals surface area contributed by atoms with Crippen LogP contribution in [-0.2, 0) is 19.4 Å².